The minimum atomic E-state index is -4.54. The topological polar surface area (TPSA) is 85.2 Å². The molecule has 0 saturated heterocycles. The van der Waals surface area contributed by atoms with E-state index in [2.05, 4.69) is 15.7 Å². The number of alkyl halides is 3. The van der Waals surface area contributed by atoms with Crippen LogP contribution in [0.2, 0.25) is 0 Å². The van der Waals surface area contributed by atoms with E-state index in [0.717, 1.165) is 16.8 Å². The van der Waals surface area contributed by atoms with Gasteiger partial charge in [-0.15, -0.1) is 0 Å². The lowest BCUT2D eigenvalue weighted by atomic mass is 10.1. The van der Waals surface area contributed by atoms with Crippen LogP contribution in [0.3, 0.4) is 0 Å². The molecule has 0 spiro atoms. The highest BCUT2D eigenvalue weighted by Crippen LogP contribution is 2.34. The Morgan fingerprint density at radius 1 is 1.15 bits per heavy atom. The number of nitrogens with zero attached hydrogens (tertiary/aromatic N) is 2. The molecular weight excluding hydrogens is 437 g/mol. The molecular formula is C23H23F3N4O3. The SMILES string of the molecule is CC(C)CNC(=O)c1cccc(Nc2c(Oc3cccc(C(F)(F)F)c3)cnn(C)c2=O)c1. The van der Waals surface area contributed by atoms with Gasteiger partial charge in [0.1, 0.15) is 5.75 Å². The molecule has 7 nitrogen and oxygen atoms in total. The van der Waals surface area contributed by atoms with Crippen molar-refractivity contribution in [2.24, 2.45) is 13.0 Å². The molecule has 1 aromatic heterocycles. The third kappa shape index (κ3) is 6.12. The highest BCUT2D eigenvalue weighted by atomic mass is 19.4. The van der Waals surface area contributed by atoms with Crippen LogP contribution in [0, 0.1) is 5.92 Å². The summed E-state index contributed by atoms with van der Waals surface area (Å²) < 4.78 is 45.7. The van der Waals surface area contributed by atoms with Gasteiger partial charge in [0, 0.05) is 24.8 Å². The molecule has 0 aliphatic rings. The summed E-state index contributed by atoms with van der Waals surface area (Å²) in [6.45, 7) is 4.46. The number of carbonyl (C=O) groups excluding carboxylic acids is 1. The van der Waals surface area contributed by atoms with Gasteiger partial charge >= 0.3 is 6.18 Å². The fraction of sp³-hybridized carbons (Fsp3) is 0.261. The van der Waals surface area contributed by atoms with Crippen LogP contribution in [0.4, 0.5) is 24.5 Å². The van der Waals surface area contributed by atoms with Gasteiger partial charge in [-0.3, -0.25) is 9.59 Å². The molecule has 0 aliphatic carbocycles. The number of aryl methyl sites for hydroxylation is 1. The van der Waals surface area contributed by atoms with E-state index in [9.17, 15) is 22.8 Å². The van der Waals surface area contributed by atoms with E-state index in [1.165, 1.54) is 25.4 Å². The molecule has 0 bridgehead atoms. The Kier molecular flexibility index (Phi) is 7.05. The van der Waals surface area contributed by atoms with Gasteiger partial charge in [-0.1, -0.05) is 26.0 Å². The third-order valence-corrected chi connectivity index (χ3v) is 4.56. The van der Waals surface area contributed by atoms with Gasteiger partial charge in [-0.05, 0) is 42.3 Å². The standard InChI is InChI=1S/C23H23F3N4O3/c1-14(2)12-27-21(31)15-6-4-8-17(10-15)29-20-19(13-28-30(3)22(20)32)33-18-9-5-7-16(11-18)23(24,25)26/h4-11,13-14,29H,12H2,1-3H3,(H,27,31). The molecule has 0 saturated carbocycles. The first-order chi connectivity index (χ1) is 15.5. The van der Waals surface area contributed by atoms with Crippen molar-refractivity contribution in [3.63, 3.8) is 0 Å². The largest absolute Gasteiger partial charge is 0.453 e. The van der Waals surface area contributed by atoms with Crippen molar-refractivity contribution in [1.29, 1.82) is 0 Å². The van der Waals surface area contributed by atoms with Crippen LogP contribution in [0.5, 0.6) is 11.5 Å². The lowest BCUT2D eigenvalue weighted by molar-refractivity contribution is -0.137. The fourth-order valence-corrected chi connectivity index (χ4v) is 2.86. The summed E-state index contributed by atoms with van der Waals surface area (Å²) >= 11 is 0. The first kappa shape index (κ1) is 23.8. The molecule has 10 heteroatoms. The van der Waals surface area contributed by atoms with Crippen LogP contribution >= 0.6 is 0 Å². The normalized spacial score (nSPS) is 11.4. The minimum Gasteiger partial charge on any atom is -0.453 e. The molecule has 2 aromatic carbocycles. The second-order valence-electron chi connectivity index (χ2n) is 7.75. The Labute approximate surface area is 188 Å². The van der Waals surface area contributed by atoms with E-state index in [0.29, 0.717) is 17.8 Å². The summed E-state index contributed by atoms with van der Waals surface area (Å²) in [4.78, 5) is 25.1. The summed E-state index contributed by atoms with van der Waals surface area (Å²) in [5.41, 5.74) is -0.679. The molecule has 3 rings (SSSR count). The molecule has 33 heavy (non-hydrogen) atoms. The van der Waals surface area contributed by atoms with Crippen molar-refractivity contribution >= 4 is 17.3 Å². The molecule has 0 atom stereocenters. The van der Waals surface area contributed by atoms with Gasteiger partial charge in [-0.2, -0.15) is 18.3 Å². The summed E-state index contributed by atoms with van der Waals surface area (Å²) in [7, 11) is 1.43. The zero-order valence-electron chi connectivity index (χ0n) is 18.2. The molecule has 3 aromatic rings. The fourth-order valence-electron chi connectivity index (χ4n) is 2.86. The highest BCUT2D eigenvalue weighted by Gasteiger charge is 2.30. The maximum absolute atomic E-state index is 13.0. The average molecular weight is 460 g/mol. The van der Waals surface area contributed by atoms with E-state index < -0.39 is 17.3 Å². The number of halogens is 3. The predicted octanol–water partition coefficient (Wildman–Crippen LogP) is 4.72. The number of hydrogen-bond acceptors (Lipinski definition) is 5. The van der Waals surface area contributed by atoms with E-state index in [1.54, 1.807) is 24.3 Å². The maximum Gasteiger partial charge on any atom is 0.416 e. The van der Waals surface area contributed by atoms with Crippen LogP contribution < -0.4 is 20.9 Å². The van der Waals surface area contributed by atoms with Crippen molar-refractivity contribution in [2.45, 2.75) is 20.0 Å². The third-order valence-electron chi connectivity index (χ3n) is 4.56. The number of anilines is 2. The summed E-state index contributed by atoms with van der Waals surface area (Å²) in [6, 6.07) is 10.8. The molecule has 0 fully saturated rings. The summed E-state index contributed by atoms with van der Waals surface area (Å²) in [5.74, 6) is -0.155. The van der Waals surface area contributed by atoms with Crippen molar-refractivity contribution < 1.29 is 22.7 Å². The van der Waals surface area contributed by atoms with Crippen LogP contribution in [0.15, 0.2) is 59.5 Å². The van der Waals surface area contributed by atoms with Crippen molar-refractivity contribution in [2.75, 3.05) is 11.9 Å². The van der Waals surface area contributed by atoms with Gasteiger partial charge in [0.25, 0.3) is 11.5 Å². The van der Waals surface area contributed by atoms with Crippen LogP contribution in [-0.4, -0.2) is 22.2 Å². The van der Waals surface area contributed by atoms with Crippen LogP contribution in [0.1, 0.15) is 29.8 Å². The van der Waals surface area contributed by atoms with Crippen molar-refractivity contribution in [3.05, 3.63) is 76.2 Å². The van der Waals surface area contributed by atoms with Crippen molar-refractivity contribution in [3.8, 4) is 11.5 Å². The minimum absolute atomic E-state index is 0.0374. The average Bonchev–Trinajstić information content (AvgIpc) is 2.77. The number of rotatable bonds is 7. The number of hydrogen-bond donors (Lipinski definition) is 2. The number of aromatic nitrogens is 2. The van der Waals surface area contributed by atoms with Gasteiger partial charge in [0.15, 0.2) is 11.4 Å². The van der Waals surface area contributed by atoms with E-state index in [1.807, 2.05) is 13.8 Å². The lowest BCUT2D eigenvalue weighted by Crippen LogP contribution is -2.27. The van der Waals surface area contributed by atoms with Gasteiger partial charge in [-0.25, -0.2) is 4.68 Å². The second kappa shape index (κ2) is 9.76. The predicted molar refractivity (Wildman–Crippen MR) is 118 cm³/mol. The molecule has 0 radical (unpaired) electrons. The maximum atomic E-state index is 13.0. The molecule has 2 N–H and O–H groups in total. The Balaban J connectivity index is 1.91. The Morgan fingerprint density at radius 2 is 1.88 bits per heavy atom. The molecule has 1 heterocycles. The first-order valence-corrected chi connectivity index (χ1v) is 10.1. The zero-order valence-corrected chi connectivity index (χ0v) is 18.2. The van der Waals surface area contributed by atoms with Crippen molar-refractivity contribution in [1.82, 2.24) is 15.1 Å². The number of nitrogens with one attached hydrogen (secondary N) is 2. The van der Waals surface area contributed by atoms with Gasteiger partial charge < -0.3 is 15.4 Å². The van der Waals surface area contributed by atoms with E-state index in [4.69, 9.17) is 4.74 Å². The van der Waals surface area contributed by atoms with Crippen LogP contribution in [-0.2, 0) is 13.2 Å². The zero-order chi connectivity index (χ0) is 24.2. The second-order valence-corrected chi connectivity index (χ2v) is 7.75. The smallest absolute Gasteiger partial charge is 0.416 e. The summed E-state index contributed by atoms with van der Waals surface area (Å²) in [5, 5.41) is 9.61. The molecule has 0 aliphatic heterocycles. The Hall–Kier alpha value is -3.82. The van der Waals surface area contributed by atoms with E-state index in [-0.39, 0.29) is 29.0 Å². The molecule has 0 unspecified atom stereocenters. The van der Waals surface area contributed by atoms with Crippen LogP contribution in [0.25, 0.3) is 0 Å². The number of ether oxygens (including phenoxy) is 1. The Morgan fingerprint density at radius 3 is 2.58 bits per heavy atom. The highest BCUT2D eigenvalue weighted by molar-refractivity contribution is 5.95. The molecule has 174 valence electrons. The molecule has 1 amide bonds. The summed E-state index contributed by atoms with van der Waals surface area (Å²) in [6.07, 6.45) is -3.31. The van der Waals surface area contributed by atoms with E-state index >= 15 is 0 Å². The quantitative estimate of drug-likeness (QED) is 0.533. The number of benzene rings is 2. The van der Waals surface area contributed by atoms with Gasteiger partial charge in [0.2, 0.25) is 0 Å². The number of amides is 1. The van der Waals surface area contributed by atoms with Gasteiger partial charge in [0.05, 0.1) is 11.8 Å². The number of carbonyl (C=O) groups is 1. The monoisotopic (exact) mass is 460 g/mol. The Bertz CT molecular complexity index is 1210. The lowest BCUT2D eigenvalue weighted by Gasteiger charge is -2.15. The first-order valence-electron chi connectivity index (χ1n) is 10.1.